The van der Waals surface area contributed by atoms with Gasteiger partial charge >= 0.3 is 0 Å². The molecule has 1 heteroatoms. The number of allylic oxidation sites excluding steroid dienone is 2. The molecule has 17 heavy (non-hydrogen) atoms. The molecule has 4 rings (SSSR count). The number of hydrogen-bond donors (Lipinski definition) is 0. The molecule has 0 amide bonds. The number of hydrogen-bond acceptors (Lipinski definition) is 1. The Morgan fingerprint density at radius 1 is 1.06 bits per heavy atom. The molecule has 0 N–H and O–H groups in total. The first kappa shape index (κ1) is 8.94. The van der Waals surface area contributed by atoms with E-state index in [1.165, 1.54) is 26.9 Å². The molecule has 2 aliphatic carbocycles. The lowest BCUT2D eigenvalue weighted by Crippen LogP contribution is -2.14. The van der Waals surface area contributed by atoms with E-state index in [0.717, 1.165) is 11.8 Å². The van der Waals surface area contributed by atoms with Crippen LogP contribution in [-0.2, 0) is 6.42 Å². The largest absolute Gasteiger partial charge is 0.251 e. The van der Waals surface area contributed by atoms with E-state index in [4.69, 9.17) is 4.98 Å². The fourth-order valence-electron chi connectivity index (χ4n) is 2.57. The Morgan fingerprint density at radius 2 is 2.00 bits per heavy atom. The standard InChI is InChI=1S/C16H11N/c1-3-7-14-11(5-1)9-13-10-12-6-2-4-8-15(12)17-16(13)14/h1-7,9-10H,8H2. The van der Waals surface area contributed by atoms with Crippen LogP contribution >= 0.6 is 0 Å². The Hall–Kier alpha value is -2.15. The number of fused-ring (bicyclic) bond motifs is 3. The molecular weight excluding hydrogens is 206 g/mol. The first-order valence-electron chi connectivity index (χ1n) is 5.90. The average Bonchev–Trinajstić information content (AvgIpc) is 2.73. The second-order valence-corrected chi connectivity index (χ2v) is 4.49. The van der Waals surface area contributed by atoms with Crippen molar-refractivity contribution >= 4 is 12.2 Å². The number of pyridine rings is 1. The topological polar surface area (TPSA) is 12.9 Å². The van der Waals surface area contributed by atoms with Gasteiger partial charge in [-0.3, -0.25) is 4.98 Å². The summed E-state index contributed by atoms with van der Waals surface area (Å²) in [7, 11) is 0. The van der Waals surface area contributed by atoms with Gasteiger partial charge in [0, 0.05) is 17.2 Å². The molecule has 0 unspecified atom stereocenters. The molecule has 1 heterocycles. The maximum Gasteiger partial charge on any atom is 0.0784 e. The predicted octanol–water partition coefficient (Wildman–Crippen LogP) is 1.40. The van der Waals surface area contributed by atoms with Crippen molar-refractivity contribution in [2.75, 3.05) is 0 Å². The van der Waals surface area contributed by atoms with Gasteiger partial charge < -0.3 is 0 Å². The molecular formula is C16H11N. The third-order valence-electron chi connectivity index (χ3n) is 3.41. The summed E-state index contributed by atoms with van der Waals surface area (Å²) in [5, 5.41) is 4.95. The van der Waals surface area contributed by atoms with Gasteiger partial charge in [0.25, 0.3) is 0 Å². The number of nitrogens with zero attached hydrogens (tertiary/aromatic N) is 1. The second kappa shape index (κ2) is 3.17. The van der Waals surface area contributed by atoms with E-state index >= 15 is 0 Å². The van der Waals surface area contributed by atoms with Gasteiger partial charge in [-0.05, 0) is 22.6 Å². The summed E-state index contributed by atoms with van der Waals surface area (Å²) in [4.78, 5) is 4.82. The van der Waals surface area contributed by atoms with Gasteiger partial charge in [0.15, 0.2) is 0 Å². The van der Waals surface area contributed by atoms with Gasteiger partial charge in [-0.1, -0.05) is 42.5 Å². The van der Waals surface area contributed by atoms with Gasteiger partial charge in [0.1, 0.15) is 0 Å². The van der Waals surface area contributed by atoms with Crippen LogP contribution in [0.5, 0.6) is 0 Å². The Balaban J connectivity index is 2.24. The summed E-state index contributed by atoms with van der Waals surface area (Å²) in [6, 6.07) is 10.7. The second-order valence-electron chi connectivity index (χ2n) is 4.49. The highest BCUT2D eigenvalue weighted by atomic mass is 14.7. The minimum absolute atomic E-state index is 0.946. The van der Waals surface area contributed by atoms with E-state index in [1.54, 1.807) is 0 Å². The molecule has 1 aromatic carbocycles. The predicted molar refractivity (Wildman–Crippen MR) is 68.5 cm³/mol. The summed E-state index contributed by atoms with van der Waals surface area (Å²) in [6.07, 6.45) is 9.58. The Kier molecular flexibility index (Phi) is 1.67. The van der Waals surface area contributed by atoms with Crippen molar-refractivity contribution < 1.29 is 0 Å². The van der Waals surface area contributed by atoms with E-state index in [1.807, 2.05) is 0 Å². The third-order valence-corrected chi connectivity index (χ3v) is 3.41. The van der Waals surface area contributed by atoms with E-state index in [0.29, 0.717) is 0 Å². The van der Waals surface area contributed by atoms with Crippen molar-refractivity contribution in [2.45, 2.75) is 6.42 Å². The van der Waals surface area contributed by atoms with E-state index in [9.17, 15) is 0 Å². The molecule has 0 saturated carbocycles. The van der Waals surface area contributed by atoms with Gasteiger partial charge in [-0.15, -0.1) is 0 Å². The summed E-state index contributed by atoms with van der Waals surface area (Å²) in [5.74, 6) is 0. The van der Waals surface area contributed by atoms with Gasteiger partial charge in [0.05, 0.1) is 11.0 Å². The number of rotatable bonds is 0. The van der Waals surface area contributed by atoms with Crippen molar-refractivity contribution in [3.05, 3.63) is 74.7 Å². The van der Waals surface area contributed by atoms with Crippen molar-refractivity contribution in [1.29, 1.82) is 0 Å². The summed E-state index contributed by atoms with van der Waals surface area (Å²) in [6.45, 7) is 0. The van der Waals surface area contributed by atoms with Crippen LogP contribution in [-0.4, -0.2) is 4.98 Å². The minimum atomic E-state index is 0.946. The lowest BCUT2D eigenvalue weighted by molar-refractivity contribution is 1.04. The van der Waals surface area contributed by atoms with Crippen LogP contribution < -0.4 is 10.4 Å². The molecule has 1 nitrogen and oxygen atoms in total. The molecule has 0 fully saturated rings. The molecule has 0 radical (unpaired) electrons. The maximum absolute atomic E-state index is 4.82. The van der Waals surface area contributed by atoms with Crippen molar-refractivity contribution in [3.63, 3.8) is 0 Å². The van der Waals surface area contributed by atoms with Gasteiger partial charge in [-0.2, -0.15) is 0 Å². The summed E-state index contributed by atoms with van der Waals surface area (Å²) < 4.78 is 0. The Labute approximate surface area is 98.8 Å². The van der Waals surface area contributed by atoms with Crippen LogP contribution in [0.1, 0.15) is 11.3 Å². The zero-order valence-electron chi connectivity index (χ0n) is 9.35. The van der Waals surface area contributed by atoms with Crippen LogP contribution in [0.25, 0.3) is 12.2 Å². The van der Waals surface area contributed by atoms with Crippen LogP contribution in [0, 0.1) is 10.6 Å². The fraction of sp³-hybridized carbons (Fsp3) is 0.0625. The molecule has 2 aliphatic rings. The van der Waals surface area contributed by atoms with Crippen LogP contribution in [0.15, 0.2) is 42.5 Å². The minimum Gasteiger partial charge on any atom is -0.251 e. The van der Waals surface area contributed by atoms with Crippen molar-refractivity contribution in [3.8, 4) is 0 Å². The molecule has 0 spiro atoms. The van der Waals surface area contributed by atoms with Crippen LogP contribution in [0.3, 0.4) is 0 Å². The lowest BCUT2D eigenvalue weighted by atomic mass is 10.1. The summed E-state index contributed by atoms with van der Waals surface area (Å²) >= 11 is 0. The molecule has 0 aliphatic heterocycles. The quantitative estimate of drug-likeness (QED) is 0.555. The smallest absolute Gasteiger partial charge is 0.0784 e. The SMILES string of the molecule is C1=CCc2nc3c(cc2=C1)C=c1ccccc1=3. The monoisotopic (exact) mass is 217 g/mol. The summed E-state index contributed by atoms with van der Waals surface area (Å²) in [5.41, 5.74) is 2.44. The zero-order valence-corrected chi connectivity index (χ0v) is 9.35. The van der Waals surface area contributed by atoms with Gasteiger partial charge in [-0.25, -0.2) is 0 Å². The normalized spacial score (nSPS) is 14.4. The Morgan fingerprint density at radius 3 is 3.00 bits per heavy atom. The first-order valence-corrected chi connectivity index (χ1v) is 5.90. The van der Waals surface area contributed by atoms with Crippen molar-refractivity contribution in [1.82, 2.24) is 4.98 Å². The zero-order chi connectivity index (χ0) is 11.2. The van der Waals surface area contributed by atoms with E-state index < -0.39 is 0 Å². The molecule has 80 valence electrons. The van der Waals surface area contributed by atoms with Crippen molar-refractivity contribution in [2.24, 2.45) is 0 Å². The first-order chi connectivity index (χ1) is 8.42. The van der Waals surface area contributed by atoms with Gasteiger partial charge in [0.2, 0.25) is 0 Å². The molecule has 0 bridgehead atoms. The van der Waals surface area contributed by atoms with Crippen LogP contribution in [0.2, 0.25) is 0 Å². The molecule has 1 aromatic heterocycles. The third kappa shape index (κ3) is 1.22. The highest BCUT2D eigenvalue weighted by molar-refractivity contribution is 5.56. The van der Waals surface area contributed by atoms with Crippen LogP contribution in [0.4, 0.5) is 0 Å². The van der Waals surface area contributed by atoms with E-state index in [-0.39, 0.29) is 0 Å². The highest BCUT2D eigenvalue weighted by Gasteiger charge is 2.07. The number of aromatic nitrogens is 1. The maximum atomic E-state index is 4.82. The molecule has 0 saturated heterocycles. The average molecular weight is 217 g/mol. The molecule has 2 aromatic rings. The highest BCUT2D eigenvalue weighted by Crippen LogP contribution is 2.08. The fourth-order valence-corrected chi connectivity index (χ4v) is 2.57. The van der Waals surface area contributed by atoms with E-state index in [2.05, 4.69) is 54.6 Å². The lowest BCUT2D eigenvalue weighted by Gasteiger charge is -2.03. The molecule has 0 atom stereocenters. The number of benzene rings is 1. The Bertz CT molecular complexity index is 857.